The van der Waals surface area contributed by atoms with Crippen molar-refractivity contribution < 1.29 is 62.6 Å². The molecule has 21 heavy (non-hydrogen) atoms. The van der Waals surface area contributed by atoms with Crippen molar-refractivity contribution >= 4 is 5.97 Å². The van der Waals surface area contributed by atoms with Gasteiger partial charge in [-0.25, -0.2) is 4.39 Å². The number of nitrogens with zero attached hydrogens (tertiary/aromatic N) is 1. The molecule has 0 aromatic carbocycles. The average Bonchev–Trinajstić information content (AvgIpc) is 2.07. The van der Waals surface area contributed by atoms with Crippen LogP contribution in [0.25, 0.3) is 0 Å². The van der Waals surface area contributed by atoms with E-state index in [4.69, 9.17) is 0 Å². The molecule has 126 valence electrons. The van der Waals surface area contributed by atoms with Crippen molar-refractivity contribution in [2.75, 3.05) is 0 Å². The van der Waals surface area contributed by atoms with Gasteiger partial charge in [-0.2, -0.15) is 48.3 Å². The van der Waals surface area contributed by atoms with Crippen molar-refractivity contribution in [2.45, 2.75) is 30.5 Å². The Kier molecular flexibility index (Phi) is 4.48. The fraction of sp³-hybridized carbons (Fsp3) is 0.833. The molecule has 0 saturated carbocycles. The van der Waals surface area contributed by atoms with Crippen molar-refractivity contribution in [3.8, 4) is 0 Å². The van der Waals surface area contributed by atoms with E-state index in [1.807, 2.05) is 0 Å². The molecule has 0 heterocycles. The van der Waals surface area contributed by atoms with E-state index in [1.54, 1.807) is 0 Å². The van der Waals surface area contributed by atoms with Gasteiger partial charge in [0.25, 0.3) is 0 Å². The number of aliphatic carboxylic acids is 1. The second-order valence-electron chi connectivity index (χ2n) is 3.26. The number of carbonyl (C=O) groups excluding carboxylic acids is 1. The van der Waals surface area contributed by atoms with Crippen molar-refractivity contribution in [3.63, 3.8) is 0 Å². The van der Waals surface area contributed by atoms with Crippen LogP contribution < -0.4 is 5.11 Å². The average molecular weight is 346 g/mol. The summed E-state index contributed by atoms with van der Waals surface area (Å²) in [4.78, 5) is 5.71. The summed E-state index contributed by atoms with van der Waals surface area (Å²) in [6.07, 6.45) is -21.9. The van der Waals surface area contributed by atoms with Crippen LogP contribution >= 0.6 is 0 Å². The number of carboxylic acids is 1. The fourth-order valence-electron chi connectivity index (χ4n) is 1.03. The normalized spacial score (nSPS) is 17.8. The molecule has 3 nitrogen and oxygen atoms in total. The fourth-order valence-corrected chi connectivity index (χ4v) is 1.03. The number of halogens is 12. The number of carboxylic acid groups (broad SMARTS) is 1. The molecule has 1 atom stereocenters. The SMILES string of the molecule is O=C([O-])C(F)(C(F)(F)F)C(F)(F)N(C(F)(F)F)C(F)(F)F. The van der Waals surface area contributed by atoms with Crippen LogP contribution in [0.4, 0.5) is 52.7 Å². The maximum atomic E-state index is 12.9. The highest BCUT2D eigenvalue weighted by Gasteiger charge is 2.82. The predicted molar refractivity (Wildman–Crippen MR) is 33.8 cm³/mol. The lowest BCUT2D eigenvalue weighted by Crippen LogP contribution is -2.74. The van der Waals surface area contributed by atoms with Crippen LogP contribution in [0.2, 0.25) is 0 Å². The Morgan fingerprint density at radius 2 is 1.00 bits per heavy atom. The third-order valence-electron chi connectivity index (χ3n) is 1.87. The Labute approximate surface area is 105 Å². The molecule has 0 rings (SSSR count). The van der Waals surface area contributed by atoms with E-state index in [0.717, 1.165) is 0 Å². The molecule has 0 aliphatic rings. The highest BCUT2D eigenvalue weighted by molar-refractivity contribution is 5.78. The van der Waals surface area contributed by atoms with Gasteiger partial charge in [0.15, 0.2) is 0 Å². The Bertz CT molecular complexity index is 393. The quantitative estimate of drug-likeness (QED) is 0.580. The largest absolute Gasteiger partial charge is 0.546 e. The second-order valence-corrected chi connectivity index (χ2v) is 3.26. The van der Waals surface area contributed by atoms with E-state index in [1.165, 1.54) is 0 Å². The number of carbonyl (C=O) groups is 1. The molecule has 0 aromatic heterocycles. The Balaban J connectivity index is 6.42. The lowest BCUT2D eigenvalue weighted by Gasteiger charge is -2.41. The van der Waals surface area contributed by atoms with Gasteiger partial charge in [-0.1, -0.05) is 4.90 Å². The summed E-state index contributed by atoms with van der Waals surface area (Å²) < 4.78 is 146. The van der Waals surface area contributed by atoms with Crippen LogP contribution in [0.1, 0.15) is 0 Å². The summed E-state index contributed by atoms with van der Waals surface area (Å²) in [5, 5.41) is 9.83. The first-order chi connectivity index (χ1) is 8.81. The zero-order valence-electron chi connectivity index (χ0n) is 8.80. The predicted octanol–water partition coefficient (Wildman–Crippen LogP) is 1.94. The highest BCUT2D eigenvalue weighted by Crippen LogP contribution is 2.52. The lowest BCUT2D eigenvalue weighted by molar-refractivity contribution is -0.477. The van der Waals surface area contributed by atoms with E-state index in [0.29, 0.717) is 0 Å². The topological polar surface area (TPSA) is 43.4 Å². The monoisotopic (exact) mass is 346 g/mol. The van der Waals surface area contributed by atoms with Gasteiger partial charge in [0.05, 0.1) is 5.97 Å². The summed E-state index contributed by atoms with van der Waals surface area (Å²) in [6, 6.07) is -7.62. The number of hydrogen-bond donors (Lipinski definition) is 0. The lowest BCUT2D eigenvalue weighted by atomic mass is 10.0. The molecule has 1 unspecified atom stereocenters. The van der Waals surface area contributed by atoms with Gasteiger partial charge in [-0.3, -0.25) is 0 Å². The molecule has 0 radical (unpaired) electrons. The first-order valence-electron chi connectivity index (χ1n) is 4.10. The van der Waals surface area contributed by atoms with E-state index >= 15 is 0 Å². The third-order valence-corrected chi connectivity index (χ3v) is 1.87. The van der Waals surface area contributed by atoms with Gasteiger partial charge < -0.3 is 9.90 Å². The number of rotatable bonds is 3. The third kappa shape index (κ3) is 3.11. The summed E-state index contributed by atoms with van der Waals surface area (Å²) in [5.74, 6) is -4.53. The molecule has 0 aliphatic heterocycles. The Morgan fingerprint density at radius 1 is 0.714 bits per heavy atom. The zero-order valence-corrected chi connectivity index (χ0v) is 8.80. The first kappa shape index (κ1) is 19.6. The molecule has 0 fully saturated rings. The van der Waals surface area contributed by atoms with Crippen molar-refractivity contribution in [2.24, 2.45) is 0 Å². The highest BCUT2D eigenvalue weighted by atomic mass is 19.4. The van der Waals surface area contributed by atoms with Gasteiger partial charge in [-0.15, -0.1) is 0 Å². The molecule has 0 aliphatic carbocycles. The van der Waals surface area contributed by atoms with Crippen molar-refractivity contribution in [1.82, 2.24) is 4.90 Å². The Hall–Kier alpha value is -1.41. The summed E-state index contributed by atoms with van der Waals surface area (Å²) in [6.45, 7) is 0. The smallest absolute Gasteiger partial charge is 0.472 e. The minimum absolute atomic E-state index is 4.11. The number of hydrogen-bond acceptors (Lipinski definition) is 3. The van der Waals surface area contributed by atoms with Crippen LogP contribution in [0.15, 0.2) is 0 Å². The molecule has 0 saturated heterocycles. The van der Waals surface area contributed by atoms with Crippen LogP contribution in [0.5, 0.6) is 0 Å². The van der Waals surface area contributed by atoms with Gasteiger partial charge in [0.2, 0.25) is 0 Å². The molecule has 0 amide bonds. The molecular formula is C6F12NO2-. The van der Waals surface area contributed by atoms with E-state index in [9.17, 15) is 62.6 Å². The van der Waals surface area contributed by atoms with Gasteiger partial charge >= 0.3 is 30.5 Å². The van der Waals surface area contributed by atoms with Gasteiger partial charge in [0.1, 0.15) is 0 Å². The first-order valence-corrected chi connectivity index (χ1v) is 4.10. The minimum atomic E-state index is -7.62. The maximum Gasteiger partial charge on any atom is 0.472 e. The maximum absolute atomic E-state index is 12.9. The summed E-state index contributed by atoms with van der Waals surface area (Å²) in [7, 11) is 0. The summed E-state index contributed by atoms with van der Waals surface area (Å²) >= 11 is 0. The molecule has 0 bridgehead atoms. The van der Waals surface area contributed by atoms with Crippen molar-refractivity contribution in [3.05, 3.63) is 0 Å². The molecule has 0 spiro atoms. The van der Waals surface area contributed by atoms with Crippen molar-refractivity contribution in [1.29, 1.82) is 0 Å². The zero-order chi connectivity index (χ0) is 17.7. The van der Waals surface area contributed by atoms with E-state index < -0.39 is 41.4 Å². The van der Waals surface area contributed by atoms with E-state index in [-0.39, 0.29) is 0 Å². The minimum Gasteiger partial charge on any atom is -0.546 e. The molecule has 0 N–H and O–H groups in total. The van der Waals surface area contributed by atoms with Crippen LogP contribution in [0.3, 0.4) is 0 Å². The number of alkyl halides is 12. The van der Waals surface area contributed by atoms with Gasteiger partial charge in [0, 0.05) is 0 Å². The molecular weight excluding hydrogens is 346 g/mol. The summed E-state index contributed by atoms with van der Waals surface area (Å²) in [5.41, 5.74) is -7.27. The standard InChI is InChI=1S/C6HF12NO2/c7-2(1(20)21,3(8,9)10)4(11,12)19(5(13,14)15)6(16,17)18/h(H,20,21)/p-1. The Morgan fingerprint density at radius 3 is 1.14 bits per heavy atom. The second kappa shape index (κ2) is 4.81. The van der Waals surface area contributed by atoms with Crippen LogP contribution in [-0.4, -0.2) is 41.4 Å². The van der Waals surface area contributed by atoms with E-state index in [2.05, 4.69) is 0 Å². The van der Waals surface area contributed by atoms with Crippen LogP contribution in [-0.2, 0) is 4.79 Å². The van der Waals surface area contributed by atoms with Crippen LogP contribution in [0, 0.1) is 0 Å². The molecule has 15 heteroatoms. The van der Waals surface area contributed by atoms with Gasteiger partial charge in [-0.05, 0) is 0 Å². The molecule has 0 aromatic rings.